The molecular formula is C20H25N3O2. The first-order valence-electron chi connectivity index (χ1n) is 9.10. The summed E-state index contributed by atoms with van der Waals surface area (Å²) in [7, 11) is 0. The van der Waals surface area contributed by atoms with Gasteiger partial charge in [0.15, 0.2) is 0 Å². The van der Waals surface area contributed by atoms with Crippen LogP contribution in [0.4, 0.5) is 0 Å². The van der Waals surface area contributed by atoms with Gasteiger partial charge in [-0.1, -0.05) is 38.1 Å². The lowest BCUT2D eigenvalue weighted by atomic mass is 9.82. The second-order valence-corrected chi connectivity index (χ2v) is 6.53. The van der Waals surface area contributed by atoms with E-state index in [2.05, 4.69) is 21.6 Å². The predicted molar refractivity (Wildman–Crippen MR) is 97.6 cm³/mol. The first kappa shape index (κ1) is 17.4. The van der Waals surface area contributed by atoms with E-state index in [-0.39, 0.29) is 23.9 Å². The zero-order chi connectivity index (χ0) is 17.8. The van der Waals surface area contributed by atoms with E-state index in [0.29, 0.717) is 5.56 Å². The summed E-state index contributed by atoms with van der Waals surface area (Å²) in [6.45, 7) is 4.28. The van der Waals surface area contributed by atoms with Crippen LogP contribution in [0.3, 0.4) is 0 Å². The van der Waals surface area contributed by atoms with Crippen LogP contribution in [-0.2, 0) is 30.6 Å². The third-order valence-electron chi connectivity index (χ3n) is 5.09. The Labute approximate surface area is 147 Å². The maximum absolute atomic E-state index is 12.8. The molecule has 2 aromatic rings. The summed E-state index contributed by atoms with van der Waals surface area (Å²) in [6.07, 6.45) is 4.40. The van der Waals surface area contributed by atoms with Crippen LogP contribution in [0.15, 0.2) is 29.1 Å². The number of hydrogen-bond donors (Lipinski definition) is 2. The van der Waals surface area contributed by atoms with Crippen LogP contribution in [0, 0.1) is 0 Å². The summed E-state index contributed by atoms with van der Waals surface area (Å²) in [6, 6.07) is 8.16. The van der Waals surface area contributed by atoms with Crippen molar-refractivity contribution in [2.45, 2.75) is 58.4 Å². The number of benzene rings is 1. The SMILES string of the molecule is CCc1n[nH]c(=O)c(CNC(=O)[C@@H]2CCCc3ccccc32)c1CC. The lowest BCUT2D eigenvalue weighted by molar-refractivity contribution is -0.123. The van der Waals surface area contributed by atoms with Gasteiger partial charge in [-0.3, -0.25) is 9.59 Å². The highest BCUT2D eigenvalue weighted by molar-refractivity contribution is 5.84. The van der Waals surface area contributed by atoms with Crippen molar-refractivity contribution < 1.29 is 4.79 Å². The minimum atomic E-state index is -0.210. The van der Waals surface area contributed by atoms with Gasteiger partial charge in [-0.2, -0.15) is 5.10 Å². The number of aromatic amines is 1. The average molecular weight is 339 g/mol. The summed E-state index contributed by atoms with van der Waals surface area (Å²) in [5.41, 5.74) is 4.66. The van der Waals surface area contributed by atoms with Crippen molar-refractivity contribution >= 4 is 5.91 Å². The van der Waals surface area contributed by atoms with E-state index in [0.717, 1.165) is 48.9 Å². The van der Waals surface area contributed by atoms with Crippen molar-refractivity contribution in [2.24, 2.45) is 0 Å². The summed E-state index contributed by atoms with van der Waals surface area (Å²) in [4.78, 5) is 24.9. The molecule has 0 saturated carbocycles. The molecule has 1 aromatic heterocycles. The van der Waals surface area contributed by atoms with Gasteiger partial charge >= 0.3 is 0 Å². The highest BCUT2D eigenvalue weighted by atomic mass is 16.2. The maximum Gasteiger partial charge on any atom is 0.269 e. The molecule has 0 bridgehead atoms. The van der Waals surface area contributed by atoms with Crippen LogP contribution in [-0.4, -0.2) is 16.1 Å². The van der Waals surface area contributed by atoms with Gasteiger partial charge in [0, 0.05) is 12.1 Å². The van der Waals surface area contributed by atoms with Crippen LogP contribution in [0.1, 0.15) is 60.6 Å². The molecule has 0 saturated heterocycles. The Hall–Kier alpha value is -2.43. The van der Waals surface area contributed by atoms with E-state index >= 15 is 0 Å². The number of carbonyl (C=O) groups is 1. The second-order valence-electron chi connectivity index (χ2n) is 6.53. The average Bonchev–Trinajstić information content (AvgIpc) is 2.65. The standard InChI is InChI=1S/C20H25N3O2/c1-3-14-17(20(25)23-22-18(14)4-2)12-21-19(24)16-11-7-9-13-8-5-6-10-15(13)16/h5-6,8,10,16H,3-4,7,9,11-12H2,1-2H3,(H,21,24)(H,23,25)/t16-/m1/s1. The number of aromatic nitrogens is 2. The van der Waals surface area contributed by atoms with Crippen LogP contribution in [0.2, 0.25) is 0 Å². The molecule has 0 radical (unpaired) electrons. The molecule has 1 amide bonds. The fourth-order valence-corrected chi connectivity index (χ4v) is 3.79. The number of fused-ring (bicyclic) bond motifs is 1. The van der Waals surface area contributed by atoms with Crippen molar-refractivity contribution in [1.82, 2.24) is 15.5 Å². The van der Waals surface area contributed by atoms with E-state index in [1.54, 1.807) is 0 Å². The molecule has 0 fully saturated rings. The summed E-state index contributed by atoms with van der Waals surface area (Å²) in [5, 5.41) is 9.67. The molecule has 3 rings (SSSR count). The Bertz CT molecular complexity index is 826. The number of amides is 1. The minimum absolute atomic E-state index is 0.00321. The Morgan fingerprint density at radius 2 is 2.04 bits per heavy atom. The van der Waals surface area contributed by atoms with Crippen molar-refractivity contribution in [3.63, 3.8) is 0 Å². The smallest absolute Gasteiger partial charge is 0.269 e. The quantitative estimate of drug-likeness (QED) is 0.879. The van der Waals surface area contributed by atoms with Crippen molar-refractivity contribution in [3.05, 3.63) is 62.6 Å². The van der Waals surface area contributed by atoms with Crippen molar-refractivity contribution in [2.75, 3.05) is 0 Å². The van der Waals surface area contributed by atoms with Gasteiger partial charge in [0.2, 0.25) is 5.91 Å². The molecule has 1 aromatic carbocycles. The van der Waals surface area contributed by atoms with E-state index < -0.39 is 0 Å². The van der Waals surface area contributed by atoms with E-state index in [1.165, 1.54) is 5.56 Å². The first-order valence-corrected chi connectivity index (χ1v) is 9.10. The molecule has 1 aliphatic carbocycles. The minimum Gasteiger partial charge on any atom is -0.351 e. The van der Waals surface area contributed by atoms with Gasteiger partial charge in [-0.25, -0.2) is 5.10 Å². The number of rotatable bonds is 5. The fraction of sp³-hybridized carbons (Fsp3) is 0.450. The molecule has 132 valence electrons. The largest absolute Gasteiger partial charge is 0.351 e. The fourth-order valence-electron chi connectivity index (χ4n) is 3.79. The van der Waals surface area contributed by atoms with Gasteiger partial charge < -0.3 is 5.32 Å². The normalized spacial score (nSPS) is 16.3. The van der Waals surface area contributed by atoms with E-state index in [1.807, 2.05) is 32.0 Å². The molecule has 25 heavy (non-hydrogen) atoms. The molecule has 1 atom stereocenters. The van der Waals surface area contributed by atoms with Gasteiger partial charge in [0.25, 0.3) is 5.56 Å². The Kier molecular flexibility index (Phi) is 5.31. The molecule has 0 spiro atoms. The monoisotopic (exact) mass is 339 g/mol. The second kappa shape index (κ2) is 7.64. The van der Waals surface area contributed by atoms with Crippen LogP contribution in [0.5, 0.6) is 0 Å². The topological polar surface area (TPSA) is 74.8 Å². The number of H-pyrrole nitrogens is 1. The molecule has 0 aliphatic heterocycles. The van der Waals surface area contributed by atoms with Crippen LogP contribution in [0.25, 0.3) is 0 Å². The number of carbonyl (C=O) groups excluding carboxylic acids is 1. The molecule has 1 aliphatic rings. The summed E-state index contributed by atoms with van der Waals surface area (Å²) < 4.78 is 0. The van der Waals surface area contributed by atoms with Crippen molar-refractivity contribution in [3.8, 4) is 0 Å². The van der Waals surface area contributed by atoms with Gasteiger partial charge in [0.1, 0.15) is 0 Å². The van der Waals surface area contributed by atoms with Gasteiger partial charge in [-0.05, 0) is 48.8 Å². The van der Waals surface area contributed by atoms with Crippen molar-refractivity contribution in [1.29, 1.82) is 0 Å². The lowest BCUT2D eigenvalue weighted by Gasteiger charge is -2.24. The highest BCUT2D eigenvalue weighted by Crippen LogP contribution is 2.31. The third kappa shape index (κ3) is 3.50. The number of aryl methyl sites for hydroxylation is 2. The summed E-state index contributed by atoms with van der Waals surface area (Å²) >= 11 is 0. The van der Waals surface area contributed by atoms with Gasteiger partial charge in [0.05, 0.1) is 11.6 Å². The highest BCUT2D eigenvalue weighted by Gasteiger charge is 2.26. The summed E-state index contributed by atoms with van der Waals surface area (Å²) in [5.74, 6) is -0.120. The maximum atomic E-state index is 12.8. The Morgan fingerprint density at radius 3 is 2.80 bits per heavy atom. The Balaban J connectivity index is 1.79. The Morgan fingerprint density at radius 1 is 1.24 bits per heavy atom. The van der Waals surface area contributed by atoms with Crippen LogP contribution >= 0.6 is 0 Å². The number of nitrogens with one attached hydrogen (secondary N) is 2. The number of hydrogen-bond acceptors (Lipinski definition) is 3. The van der Waals surface area contributed by atoms with E-state index in [4.69, 9.17) is 0 Å². The molecule has 2 N–H and O–H groups in total. The first-order chi connectivity index (χ1) is 12.2. The lowest BCUT2D eigenvalue weighted by Crippen LogP contribution is -2.34. The molecule has 1 heterocycles. The molecule has 5 nitrogen and oxygen atoms in total. The van der Waals surface area contributed by atoms with Gasteiger partial charge in [-0.15, -0.1) is 0 Å². The van der Waals surface area contributed by atoms with Crippen LogP contribution < -0.4 is 10.9 Å². The molecule has 5 heteroatoms. The third-order valence-corrected chi connectivity index (χ3v) is 5.09. The zero-order valence-electron chi connectivity index (χ0n) is 14.9. The molecular weight excluding hydrogens is 314 g/mol. The predicted octanol–water partition coefficient (Wildman–Crippen LogP) is 2.63. The van der Waals surface area contributed by atoms with E-state index in [9.17, 15) is 9.59 Å². The molecule has 0 unspecified atom stereocenters. The number of nitrogens with zero attached hydrogens (tertiary/aromatic N) is 1. The zero-order valence-corrected chi connectivity index (χ0v) is 14.9.